The summed E-state index contributed by atoms with van der Waals surface area (Å²) in [6, 6.07) is 8.46. The Bertz CT molecular complexity index is 531. The van der Waals surface area contributed by atoms with Gasteiger partial charge in [0.25, 0.3) is 0 Å². The van der Waals surface area contributed by atoms with Gasteiger partial charge in [-0.05, 0) is 23.5 Å². The monoisotopic (exact) mass is 260 g/mol. The third-order valence-electron chi connectivity index (χ3n) is 3.88. The summed E-state index contributed by atoms with van der Waals surface area (Å²) in [5.74, 6) is 0.833. The van der Waals surface area contributed by atoms with Gasteiger partial charge in [0.1, 0.15) is 0 Å². The van der Waals surface area contributed by atoms with Gasteiger partial charge in [0.2, 0.25) is 0 Å². The summed E-state index contributed by atoms with van der Waals surface area (Å²) in [4.78, 5) is 0. The number of benzene rings is 1. The molecule has 1 atom stereocenters. The molecule has 0 saturated carbocycles. The first-order valence-corrected chi connectivity index (χ1v) is 6.98. The van der Waals surface area contributed by atoms with Gasteiger partial charge in [-0.15, -0.1) is 0 Å². The SMILES string of the molecule is CC(C)C(CO)CNCc1cn(C)c2ccccc12. The van der Waals surface area contributed by atoms with E-state index in [1.165, 1.54) is 16.5 Å². The summed E-state index contributed by atoms with van der Waals surface area (Å²) in [6.45, 7) is 6.27. The van der Waals surface area contributed by atoms with Crippen molar-refractivity contribution in [2.45, 2.75) is 20.4 Å². The maximum atomic E-state index is 9.33. The van der Waals surface area contributed by atoms with Crippen molar-refractivity contribution in [2.75, 3.05) is 13.2 Å². The molecule has 1 aromatic carbocycles. The smallest absolute Gasteiger partial charge is 0.0481 e. The van der Waals surface area contributed by atoms with Crippen LogP contribution in [0.1, 0.15) is 19.4 Å². The van der Waals surface area contributed by atoms with Crippen molar-refractivity contribution >= 4 is 10.9 Å². The van der Waals surface area contributed by atoms with E-state index in [2.05, 4.69) is 61.2 Å². The van der Waals surface area contributed by atoms with Crippen LogP contribution >= 0.6 is 0 Å². The zero-order valence-electron chi connectivity index (χ0n) is 12.1. The van der Waals surface area contributed by atoms with E-state index in [4.69, 9.17) is 0 Å². The van der Waals surface area contributed by atoms with E-state index in [0.29, 0.717) is 11.8 Å². The first-order valence-electron chi connectivity index (χ1n) is 6.98. The van der Waals surface area contributed by atoms with Crippen molar-refractivity contribution < 1.29 is 5.11 Å². The first kappa shape index (κ1) is 14.1. The van der Waals surface area contributed by atoms with Gasteiger partial charge in [0.05, 0.1) is 0 Å². The highest BCUT2D eigenvalue weighted by molar-refractivity contribution is 5.83. The zero-order chi connectivity index (χ0) is 13.8. The normalized spacial score (nSPS) is 13.3. The molecule has 3 heteroatoms. The molecule has 2 aromatic rings. The van der Waals surface area contributed by atoms with Gasteiger partial charge in [-0.3, -0.25) is 0 Å². The Hall–Kier alpha value is -1.32. The lowest BCUT2D eigenvalue weighted by Crippen LogP contribution is -2.28. The molecule has 104 valence electrons. The summed E-state index contributed by atoms with van der Waals surface area (Å²) in [7, 11) is 2.08. The Morgan fingerprint density at radius 1 is 1.26 bits per heavy atom. The van der Waals surface area contributed by atoms with Crippen LogP contribution in [-0.2, 0) is 13.6 Å². The van der Waals surface area contributed by atoms with Crippen molar-refractivity contribution in [1.82, 2.24) is 9.88 Å². The van der Waals surface area contributed by atoms with Crippen molar-refractivity contribution in [3.63, 3.8) is 0 Å². The molecule has 0 aliphatic heterocycles. The number of aromatic nitrogens is 1. The zero-order valence-corrected chi connectivity index (χ0v) is 12.1. The average Bonchev–Trinajstić information content (AvgIpc) is 2.72. The van der Waals surface area contributed by atoms with E-state index < -0.39 is 0 Å². The molecule has 2 rings (SSSR count). The third kappa shape index (κ3) is 3.17. The fourth-order valence-electron chi connectivity index (χ4n) is 2.47. The maximum Gasteiger partial charge on any atom is 0.0481 e. The molecule has 0 spiro atoms. The molecule has 0 saturated heterocycles. The minimum absolute atomic E-state index is 0.250. The molecule has 0 aliphatic rings. The fraction of sp³-hybridized carbons (Fsp3) is 0.500. The van der Waals surface area contributed by atoms with Crippen LogP contribution in [-0.4, -0.2) is 22.8 Å². The molecule has 2 N–H and O–H groups in total. The number of fused-ring (bicyclic) bond motifs is 1. The molecular weight excluding hydrogens is 236 g/mol. The second-order valence-corrected chi connectivity index (χ2v) is 5.60. The molecular formula is C16H24N2O. The molecule has 19 heavy (non-hydrogen) atoms. The highest BCUT2D eigenvalue weighted by Gasteiger charge is 2.12. The van der Waals surface area contributed by atoms with Gasteiger partial charge < -0.3 is 15.0 Å². The van der Waals surface area contributed by atoms with E-state index in [0.717, 1.165) is 13.1 Å². The van der Waals surface area contributed by atoms with Crippen LogP contribution in [0.2, 0.25) is 0 Å². The topological polar surface area (TPSA) is 37.2 Å². The van der Waals surface area contributed by atoms with Gasteiger partial charge >= 0.3 is 0 Å². The lowest BCUT2D eigenvalue weighted by Gasteiger charge is -2.18. The standard InChI is InChI=1S/C16H24N2O/c1-12(2)14(11-19)9-17-8-13-10-18(3)16-7-5-4-6-15(13)16/h4-7,10,12,14,17,19H,8-9,11H2,1-3H3. The number of para-hydroxylation sites is 1. The summed E-state index contributed by atoms with van der Waals surface area (Å²) in [5, 5.41) is 14.1. The summed E-state index contributed by atoms with van der Waals surface area (Å²) >= 11 is 0. The Balaban J connectivity index is 2.02. The van der Waals surface area contributed by atoms with Crippen LogP contribution < -0.4 is 5.32 Å². The van der Waals surface area contributed by atoms with E-state index in [1.54, 1.807) is 0 Å². The molecule has 1 unspecified atom stereocenters. The molecule has 0 amide bonds. The highest BCUT2D eigenvalue weighted by atomic mass is 16.3. The van der Waals surface area contributed by atoms with Crippen molar-refractivity contribution in [3.8, 4) is 0 Å². The van der Waals surface area contributed by atoms with Crippen LogP contribution in [0.5, 0.6) is 0 Å². The van der Waals surface area contributed by atoms with Gasteiger partial charge in [-0.2, -0.15) is 0 Å². The molecule has 3 nitrogen and oxygen atoms in total. The Morgan fingerprint density at radius 2 is 2.00 bits per heavy atom. The van der Waals surface area contributed by atoms with Crippen LogP contribution in [0, 0.1) is 11.8 Å². The van der Waals surface area contributed by atoms with Crippen molar-refractivity contribution in [3.05, 3.63) is 36.0 Å². The molecule has 1 aromatic heterocycles. The van der Waals surface area contributed by atoms with Crippen LogP contribution in [0.4, 0.5) is 0 Å². The van der Waals surface area contributed by atoms with E-state index >= 15 is 0 Å². The minimum Gasteiger partial charge on any atom is -0.396 e. The second-order valence-electron chi connectivity index (χ2n) is 5.60. The minimum atomic E-state index is 0.250. The van der Waals surface area contributed by atoms with E-state index in [-0.39, 0.29) is 6.61 Å². The van der Waals surface area contributed by atoms with Crippen molar-refractivity contribution in [1.29, 1.82) is 0 Å². The number of aliphatic hydroxyl groups is 1. The average molecular weight is 260 g/mol. The molecule has 0 fully saturated rings. The van der Waals surface area contributed by atoms with Crippen LogP contribution in [0.15, 0.2) is 30.5 Å². The van der Waals surface area contributed by atoms with Crippen LogP contribution in [0.25, 0.3) is 10.9 Å². The third-order valence-corrected chi connectivity index (χ3v) is 3.88. The summed E-state index contributed by atoms with van der Waals surface area (Å²) in [5.41, 5.74) is 2.58. The summed E-state index contributed by atoms with van der Waals surface area (Å²) < 4.78 is 2.16. The quantitative estimate of drug-likeness (QED) is 0.837. The lowest BCUT2D eigenvalue weighted by atomic mass is 9.97. The maximum absolute atomic E-state index is 9.33. The molecule has 1 heterocycles. The number of aryl methyl sites for hydroxylation is 1. The number of rotatable bonds is 6. The number of hydrogen-bond donors (Lipinski definition) is 2. The van der Waals surface area contributed by atoms with Gasteiger partial charge in [0.15, 0.2) is 0 Å². The second kappa shape index (κ2) is 6.22. The van der Waals surface area contributed by atoms with Gasteiger partial charge in [-0.1, -0.05) is 32.0 Å². The number of aliphatic hydroxyl groups excluding tert-OH is 1. The largest absolute Gasteiger partial charge is 0.396 e. The Labute approximate surface area is 115 Å². The van der Waals surface area contributed by atoms with Gasteiger partial charge in [0, 0.05) is 43.8 Å². The molecule has 0 radical (unpaired) electrons. The Morgan fingerprint density at radius 3 is 2.68 bits per heavy atom. The molecule has 0 bridgehead atoms. The number of nitrogens with one attached hydrogen (secondary N) is 1. The lowest BCUT2D eigenvalue weighted by molar-refractivity contribution is 0.186. The van der Waals surface area contributed by atoms with Gasteiger partial charge in [-0.25, -0.2) is 0 Å². The van der Waals surface area contributed by atoms with E-state index in [1.807, 2.05) is 0 Å². The summed E-state index contributed by atoms with van der Waals surface area (Å²) in [6.07, 6.45) is 2.18. The number of nitrogens with zero attached hydrogens (tertiary/aromatic N) is 1. The highest BCUT2D eigenvalue weighted by Crippen LogP contribution is 2.20. The predicted octanol–water partition coefficient (Wildman–Crippen LogP) is 2.53. The molecule has 0 aliphatic carbocycles. The van der Waals surface area contributed by atoms with Crippen LogP contribution in [0.3, 0.4) is 0 Å². The number of hydrogen-bond acceptors (Lipinski definition) is 2. The van der Waals surface area contributed by atoms with Crippen molar-refractivity contribution in [2.24, 2.45) is 18.9 Å². The van der Waals surface area contributed by atoms with E-state index in [9.17, 15) is 5.11 Å². The fourth-order valence-corrected chi connectivity index (χ4v) is 2.47. The predicted molar refractivity (Wildman–Crippen MR) is 80.0 cm³/mol. The Kier molecular flexibility index (Phi) is 4.61. The first-order chi connectivity index (χ1) is 9.13.